The lowest BCUT2D eigenvalue weighted by molar-refractivity contribution is 0.101. The first-order chi connectivity index (χ1) is 16.0. The molecule has 6 nitrogen and oxygen atoms in total. The molecule has 0 unspecified atom stereocenters. The van der Waals surface area contributed by atoms with Crippen LogP contribution in [-0.2, 0) is 0 Å². The minimum atomic E-state index is -0.217. The van der Waals surface area contributed by atoms with E-state index in [0.29, 0.717) is 17.2 Å². The van der Waals surface area contributed by atoms with Gasteiger partial charge in [-0.05, 0) is 85.5 Å². The van der Waals surface area contributed by atoms with Gasteiger partial charge in [-0.2, -0.15) is 5.10 Å². The maximum absolute atomic E-state index is 13.2. The molecule has 0 spiro atoms. The number of hydrogen-bond donors (Lipinski definition) is 2. The highest BCUT2D eigenvalue weighted by Gasteiger charge is 2.19. The number of carbonyl (C=O) groups excluding carboxylic acids is 1. The Hall–Kier alpha value is -3.93. The Balaban J connectivity index is 1.40. The summed E-state index contributed by atoms with van der Waals surface area (Å²) in [6, 6.07) is 21.7. The predicted octanol–water partition coefficient (Wildman–Crippen LogP) is 5.32. The van der Waals surface area contributed by atoms with Crippen molar-refractivity contribution < 1.29 is 4.79 Å². The van der Waals surface area contributed by atoms with Crippen molar-refractivity contribution in [3.8, 4) is 5.69 Å². The van der Waals surface area contributed by atoms with Gasteiger partial charge in [0.2, 0.25) is 0 Å². The molecule has 1 fully saturated rings. The van der Waals surface area contributed by atoms with Gasteiger partial charge in [-0.15, -0.1) is 0 Å². The topological polar surface area (TPSA) is 74.0 Å². The van der Waals surface area contributed by atoms with Gasteiger partial charge in [0.1, 0.15) is 11.5 Å². The van der Waals surface area contributed by atoms with E-state index < -0.39 is 0 Å². The van der Waals surface area contributed by atoms with E-state index in [1.54, 1.807) is 10.7 Å². The smallest absolute Gasteiger partial charge is 0.274 e. The maximum atomic E-state index is 13.2. The summed E-state index contributed by atoms with van der Waals surface area (Å²) in [5.41, 5.74) is 4.76. The van der Waals surface area contributed by atoms with Crippen molar-refractivity contribution in [1.29, 1.82) is 5.41 Å². The zero-order valence-electron chi connectivity index (χ0n) is 18.9. The second kappa shape index (κ2) is 8.54. The van der Waals surface area contributed by atoms with Crippen molar-refractivity contribution in [2.45, 2.75) is 26.7 Å². The summed E-state index contributed by atoms with van der Waals surface area (Å²) >= 11 is 0. The summed E-state index contributed by atoms with van der Waals surface area (Å²) in [6.07, 6.45) is 2.28. The molecule has 1 aromatic heterocycles. The number of amidine groups is 1. The minimum Gasteiger partial charge on any atom is -0.357 e. The summed E-state index contributed by atoms with van der Waals surface area (Å²) in [5, 5.41) is 18.3. The molecule has 1 aliphatic heterocycles. The highest BCUT2D eigenvalue weighted by molar-refractivity contribution is 6.04. The molecular formula is C27H27N5O. The van der Waals surface area contributed by atoms with Crippen LogP contribution in [0, 0.1) is 19.3 Å². The lowest BCUT2D eigenvalue weighted by Crippen LogP contribution is -2.27. The normalized spacial score (nSPS) is 13.5. The number of aryl methyl sites for hydroxylation is 2. The van der Waals surface area contributed by atoms with Crippen LogP contribution in [0.5, 0.6) is 0 Å². The number of fused-ring (bicyclic) bond motifs is 1. The quantitative estimate of drug-likeness (QED) is 0.335. The molecule has 3 aromatic carbocycles. The van der Waals surface area contributed by atoms with E-state index in [2.05, 4.69) is 39.6 Å². The SMILES string of the molecule is Cc1cc(C(=O)Nc2ccc(C(=N)N3CCCC3)cc2)n(-c2cc3ccccc3cc2C)n1. The van der Waals surface area contributed by atoms with Gasteiger partial charge < -0.3 is 10.2 Å². The van der Waals surface area contributed by atoms with Crippen LogP contribution in [0.4, 0.5) is 5.69 Å². The van der Waals surface area contributed by atoms with Gasteiger partial charge in [0.15, 0.2) is 0 Å². The highest BCUT2D eigenvalue weighted by atomic mass is 16.2. The van der Waals surface area contributed by atoms with Crippen molar-refractivity contribution in [1.82, 2.24) is 14.7 Å². The maximum Gasteiger partial charge on any atom is 0.274 e. The number of rotatable bonds is 4. The molecule has 0 bridgehead atoms. The third kappa shape index (κ3) is 4.12. The third-order valence-electron chi connectivity index (χ3n) is 6.20. The predicted molar refractivity (Wildman–Crippen MR) is 133 cm³/mol. The second-order valence-corrected chi connectivity index (χ2v) is 8.64. The van der Waals surface area contributed by atoms with E-state index in [1.165, 1.54) is 0 Å². The number of anilines is 1. The fraction of sp³-hybridized carbons (Fsp3) is 0.222. The number of nitrogens with one attached hydrogen (secondary N) is 2. The number of aromatic nitrogens is 2. The van der Waals surface area contributed by atoms with Crippen LogP contribution >= 0.6 is 0 Å². The Morgan fingerprint density at radius 3 is 2.30 bits per heavy atom. The summed E-state index contributed by atoms with van der Waals surface area (Å²) in [4.78, 5) is 15.3. The first kappa shape index (κ1) is 20.9. The number of amides is 1. The van der Waals surface area contributed by atoms with Crippen LogP contribution in [0.15, 0.2) is 66.7 Å². The lowest BCUT2D eigenvalue weighted by Gasteiger charge is -2.18. The molecule has 0 saturated carbocycles. The van der Waals surface area contributed by atoms with Crippen LogP contribution in [-0.4, -0.2) is 39.5 Å². The van der Waals surface area contributed by atoms with Gasteiger partial charge in [0, 0.05) is 24.3 Å². The number of nitrogens with zero attached hydrogens (tertiary/aromatic N) is 3. The fourth-order valence-electron chi connectivity index (χ4n) is 4.45. The molecule has 1 aliphatic rings. The average molecular weight is 438 g/mol. The summed E-state index contributed by atoms with van der Waals surface area (Å²) in [6.45, 7) is 5.81. The monoisotopic (exact) mass is 437 g/mol. The Labute approximate surface area is 193 Å². The average Bonchev–Trinajstić information content (AvgIpc) is 3.49. The molecule has 1 amide bonds. The molecule has 166 valence electrons. The van der Waals surface area contributed by atoms with Gasteiger partial charge in [-0.25, -0.2) is 4.68 Å². The fourth-order valence-corrected chi connectivity index (χ4v) is 4.45. The van der Waals surface area contributed by atoms with Crippen molar-refractivity contribution in [2.24, 2.45) is 0 Å². The largest absolute Gasteiger partial charge is 0.357 e. The molecule has 2 heterocycles. The van der Waals surface area contributed by atoms with Crippen LogP contribution in [0.3, 0.4) is 0 Å². The van der Waals surface area contributed by atoms with E-state index >= 15 is 0 Å². The Kier molecular flexibility index (Phi) is 5.42. The van der Waals surface area contributed by atoms with Gasteiger partial charge in [-0.1, -0.05) is 24.3 Å². The first-order valence-electron chi connectivity index (χ1n) is 11.3. The number of hydrogen-bond acceptors (Lipinski definition) is 3. The second-order valence-electron chi connectivity index (χ2n) is 8.64. The first-order valence-corrected chi connectivity index (χ1v) is 11.3. The van der Waals surface area contributed by atoms with Crippen molar-refractivity contribution >= 4 is 28.2 Å². The molecule has 0 radical (unpaired) electrons. The number of carbonyl (C=O) groups is 1. The summed E-state index contributed by atoms with van der Waals surface area (Å²) < 4.78 is 1.73. The van der Waals surface area contributed by atoms with Crippen LogP contribution in [0.1, 0.15) is 40.2 Å². The van der Waals surface area contributed by atoms with E-state index in [0.717, 1.165) is 59.2 Å². The zero-order valence-corrected chi connectivity index (χ0v) is 18.9. The Bertz CT molecular complexity index is 1350. The van der Waals surface area contributed by atoms with Gasteiger partial charge in [0.25, 0.3) is 5.91 Å². The molecule has 0 atom stereocenters. The molecule has 33 heavy (non-hydrogen) atoms. The van der Waals surface area contributed by atoms with Crippen molar-refractivity contribution in [2.75, 3.05) is 18.4 Å². The molecule has 0 aliphatic carbocycles. The van der Waals surface area contributed by atoms with Crippen LogP contribution < -0.4 is 5.32 Å². The molecule has 5 rings (SSSR count). The summed E-state index contributed by atoms with van der Waals surface area (Å²) in [5.74, 6) is 0.330. The Morgan fingerprint density at radius 2 is 1.61 bits per heavy atom. The van der Waals surface area contributed by atoms with Crippen LogP contribution in [0.25, 0.3) is 16.5 Å². The van der Waals surface area contributed by atoms with Crippen LogP contribution in [0.2, 0.25) is 0 Å². The lowest BCUT2D eigenvalue weighted by atomic mass is 10.1. The van der Waals surface area contributed by atoms with E-state index in [9.17, 15) is 4.79 Å². The molecule has 6 heteroatoms. The molecular weight excluding hydrogens is 410 g/mol. The van der Waals surface area contributed by atoms with Gasteiger partial charge in [0.05, 0.1) is 11.4 Å². The highest BCUT2D eigenvalue weighted by Crippen LogP contribution is 2.24. The summed E-state index contributed by atoms with van der Waals surface area (Å²) in [7, 11) is 0. The molecule has 2 N–H and O–H groups in total. The number of benzene rings is 3. The Morgan fingerprint density at radius 1 is 0.939 bits per heavy atom. The van der Waals surface area contributed by atoms with E-state index in [4.69, 9.17) is 5.41 Å². The van der Waals surface area contributed by atoms with E-state index in [-0.39, 0.29) is 5.91 Å². The van der Waals surface area contributed by atoms with Gasteiger partial charge in [-0.3, -0.25) is 10.2 Å². The zero-order chi connectivity index (χ0) is 22.9. The third-order valence-corrected chi connectivity index (χ3v) is 6.20. The number of likely N-dealkylation sites (tertiary alicyclic amines) is 1. The molecule has 1 saturated heterocycles. The standard InChI is InChI=1S/C27H27N5O/c1-18-15-21-7-3-4-8-22(21)17-24(18)32-25(16-19(2)30-32)27(33)29-23-11-9-20(10-12-23)26(28)31-13-5-6-14-31/h3-4,7-12,15-17,28H,5-6,13-14H2,1-2H3,(H,29,33). The van der Waals surface area contributed by atoms with Gasteiger partial charge >= 0.3 is 0 Å². The molecule has 4 aromatic rings. The van der Waals surface area contributed by atoms with Crippen molar-refractivity contribution in [3.05, 3.63) is 89.2 Å². The minimum absolute atomic E-state index is 0.217. The van der Waals surface area contributed by atoms with Crippen molar-refractivity contribution in [3.63, 3.8) is 0 Å². The van der Waals surface area contributed by atoms with E-state index in [1.807, 2.05) is 50.2 Å².